The summed E-state index contributed by atoms with van der Waals surface area (Å²) in [6, 6.07) is 13.1. The van der Waals surface area contributed by atoms with Crippen molar-refractivity contribution in [2.24, 2.45) is 5.73 Å². The van der Waals surface area contributed by atoms with Gasteiger partial charge in [-0.2, -0.15) is 5.26 Å². The number of nitrogens with zero attached hydrogens (tertiary/aromatic N) is 2. The molecule has 0 bridgehead atoms. The molecular weight excluding hydrogens is 448 g/mol. The molecule has 33 heavy (non-hydrogen) atoms. The number of allylic oxidation sites excluding steroid dienone is 1. The van der Waals surface area contributed by atoms with Gasteiger partial charge in [-0.1, -0.05) is 24.3 Å². The van der Waals surface area contributed by atoms with Crippen molar-refractivity contribution in [3.63, 3.8) is 0 Å². The third-order valence-corrected chi connectivity index (χ3v) is 6.20. The Morgan fingerprint density at radius 3 is 2.58 bits per heavy atom. The van der Waals surface area contributed by atoms with Crippen LogP contribution < -0.4 is 20.5 Å². The highest BCUT2D eigenvalue weighted by Crippen LogP contribution is 2.36. The van der Waals surface area contributed by atoms with Gasteiger partial charge in [-0.3, -0.25) is 9.36 Å². The molecule has 9 heteroatoms. The lowest BCUT2D eigenvalue weighted by Crippen LogP contribution is -2.40. The average Bonchev–Trinajstić information content (AvgIpc) is 3.09. The summed E-state index contributed by atoms with van der Waals surface area (Å²) in [6.45, 7) is 1.68. The van der Waals surface area contributed by atoms with Crippen molar-refractivity contribution in [1.82, 2.24) is 4.57 Å². The van der Waals surface area contributed by atoms with Crippen molar-refractivity contribution in [2.45, 2.75) is 12.8 Å². The number of carbonyl (C=O) groups is 1. The van der Waals surface area contributed by atoms with Gasteiger partial charge in [0.05, 0.1) is 34.3 Å². The highest BCUT2D eigenvalue weighted by Gasteiger charge is 2.36. The Bertz CT molecular complexity index is 1530. The van der Waals surface area contributed by atoms with Gasteiger partial charge < -0.3 is 10.5 Å². The molecule has 0 saturated carbocycles. The third-order valence-electron chi connectivity index (χ3n) is 5.09. The molecule has 1 atom stereocenters. The van der Waals surface area contributed by atoms with Crippen LogP contribution in [0, 0.1) is 23.0 Å². The maximum absolute atomic E-state index is 14.0. The van der Waals surface area contributed by atoms with E-state index in [2.05, 4.69) is 0 Å². The molecule has 6 nitrogen and oxygen atoms in total. The quantitative estimate of drug-likeness (QED) is 0.596. The number of halogens is 2. The smallest absolute Gasteiger partial charge is 0.338 e. The summed E-state index contributed by atoms with van der Waals surface area (Å²) in [5, 5.41) is 9.87. The maximum atomic E-state index is 14.0. The first-order valence-corrected chi connectivity index (χ1v) is 10.7. The first-order chi connectivity index (χ1) is 15.8. The summed E-state index contributed by atoms with van der Waals surface area (Å²) in [7, 11) is 0. The number of thiazole rings is 1. The van der Waals surface area contributed by atoms with Crippen molar-refractivity contribution in [3.05, 3.63) is 96.4 Å². The lowest BCUT2D eigenvalue weighted by molar-refractivity contribution is -0.136. The monoisotopic (exact) mass is 465 g/mol. The molecule has 2 aromatic carbocycles. The molecule has 2 N–H and O–H groups in total. The molecule has 1 aliphatic heterocycles. The number of hydrogen-bond acceptors (Lipinski definition) is 6. The Morgan fingerprint density at radius 2 is 1.94 bits per heavy atom. The zero-order valence-corrected chi connectivity index (χ0v) is 18.2. The lowest BCUT2D eigenvalue weighted by Gasteiger charge is -2.24. The average molecular weight is 465 g/mol. The Kier molecular flexibility index (Phi) is 5.94. The molecule has 4 rings (SSSR count). The van der Waals surface area contributed by atoms with Gasteiger partial charge in [0.25, 0.3) is 5.56 Å². The number of fused-ring (bicyclic) bond motifs is 1. The third kappa shape index (κ3) is 3.97. The first kappa shape index (κ1) is 22.2. The SMILES string of the molecule is CCOC(=O)C1=c2sc(=Cc3cccc(F)c3)c(=O)n2C(N)=C(C#N)[C@@H]1c1cccc(F)c1. The maximum Gasteiger partial charge on any atom is 0.338 e. The molecule has 0 amide bonds. The van der Waals surface area contributed by atoms with Gasteiger partial charge in [0.1, 0.15) is 22.1 Å². The summed E-state index contributed by atoms with van der Waals surface area (Å²) < 4.78 is 34.3. The molecule has 0 spiro atoms. The van der Waals surface area contributed by atoms with E-state index in [4.69, 9.17) is 10.5 Å². The van der Waals surface area contributed by atoms with Crippen LogP contribution >= 0.6 is 11.3 Å². The fourth-order valence-electron chi connectivity index (χ4n) is 3.72. The van der Waals surface area contributed by atoms with E-state index in [1.807, 2.05) is 6.07 Å². The topological polar surface area (TPSA) is 98.1 Å². The number of benzene rings is 2. The molecule has 2 heterocycles. The summed E-state index contributed by atoms with van der Waals surface area (Å²) in [4.78, 5) is 26.2. The van der Waals surface area contributed by atoms with Crippen LogP contribution in [0.4, 0.5) is 8.78 Å². The van der Waals surface area contributed by atoms with Crippen LogP contribution in [0.25, 0.3) is 17.5 Å². The summed E-state index contributed by atoms with van der Waals surface area (Å²) >= 11 is 0.961. The van der Waals surface area contributed by atoms with Crippen LogP contribution in [-0.2, 0) is 9.53 Å². The predicted octanol–water partition coefficient (Wildman–Crippen LogP) is 2.18. The van der Waals surface area contributed by atoms with Crippen molar-refractivity contribution < 1.29 is 18.3 Å². The first-order valence-electron chi connectivity index (χ1n) is 9.91. The van der Waals surface area contributed by atoms with Gasteiger partial charge in [0.15, 0.2) is 0 Å². The van der Waals surface area contributed by atoms with E-state index < -0.39 is 29.1 Å². The normalized spacial score (nSPS) is 15.9. The molecular formula is C24H17F2N3O3S. The van der Waals surface area contributed by atoms with Crippen LogP contribution in [-0.4, -0.2) is 17.1 Å². The molecule has 1 aromatic heterocycles. The summed E-state index contributed by atoms with van der Waals surface area (Å²) in [5.74, 6) is -2.96. The van der Waals surface area contributed by atoms with Gasteiger partial charge in [-0.05, 0) is 48.4 Å². The number of nitriles is 1. The second-order valence-electron chi connectivity index (χ2n) is 7.14. The van der Waals surface area contributed by atoms with E-state index in [-0.39, 0.29) is 32.8 Å². The van der Waals surface area contributed by atoms with Crippen LogP contribution in [0.5, 0.6) is 0 Å². The zero-order valence-electron chi connectivity index (χ0n) is 17.3. The number of rotatable bonds is 4. The van der Waals surface area contributed by atoms with E-state index in [9.17, 15) is 23.6 Å². The van der Waals surface area contributed by atoms with Gasteiger partial charge in [0.2, 0.25) is 0 Å². The Morgan fingerprint density at radius 1 is 1.24 bits per heavy atom. The number of nitrogens with two attached hydrogens (primary N) is 1. The van der Waals surface area contributed by atoms with E-state index in [1.165, 1.54) is 42.5 Å². The summed E-state index contributed by atoms with van der Waals surface area (Å²) in [5.41, 5.74) is 6.35. The molecule has 0 unspecified atom stereocenters. The van der Waals surface area contributed by atoms with Crippen LogP contribution in [0.2, 0.25) is 0 Å². The van der Waals surface area contributed by atoms with E-state index >= 15 is 0 Å². The minimum atomic E-state index is -1.02. The number of esters is 1. The van der Waals surface area contributed by atoms with Crippen LogP contribution in [0.1, 0.15) is 24.0 Å². The standard InChI is InChI=1S/C24H17F2N3O3S/c1-2-32-24(31)20-19(14-6-4-8-16(26)11-14)17(12-27)21(28)29-22(30)18(33-23(20)29)10-13-5-3-7-15(25)9-13/h3-11,19H,2,28H2,1H3/t19-/m0/s1. The van der Waals surface area contributed by atoms with Crippen LogP contribution in [0.3, 0.4) is 0 Å². The van der Waals surface area contributed by atoms with Gasteiger partial charge >= 0.3 is 5.97 Å². The molecule has 0 radical (unpaired) electrons. The Hall–Kier alpha value is -4.03. The van der Waals surface area contributed by atoms with E-state index in [0.29, 0.717) is 11.1 Å². The van der Waals surface area contributed by atoms with Gasteiger partial charge in [-0.25, -0.2) is 13.6 Å². The highest BCUT2D eigenvalue weighted by molar-refractivity contribution is 7.07. The Labute approximate surface area is 190 Å². The predicted molar refractivity (Wildman–Crippen MR) is 120 cm³/mol. The van der Waals surface area contributed by atoms with Gasteiger partial charge in [-0.15, -0.1) is 11.3 Å². The second kappa shape index (κ2) is 8.84. The van der Waals surface area contributed by atoms with E-state index in [0.717, 1.165) is 15.9 Å². The van der Waals surface area contributed by atoms with Crippen molar-refractivity contribution in [2.75, 3.05) is 6.61 Å². The molecule has 166 valence electrons. The highest BCUT2D eigenvalue weighted by atomic mass is 32.1. The minimum Gasteiger partial charge on any atom is -0.463 e. The lowest BCUT2D eigenvalue weighted by atomic mass is 9.84. The second-order valence-corrected chi connectivity index (χ2v) is 8.17. The fraction of sp³-hybridized carbons (Fsp3) is 0.125. The zero-order chi connectivity index (χ0) is 23.7. The van der Waals surface area contributed by atoms with E-state index in [1.54, 1.807) is 19.1 Å². The number of hydrogen-bond donors (Lipinski definition) is 1. The van der Waals surface area contributed by atoms with Gasteiger partial charge in [0, 0.05) is 0 Å². The fourth-order valence-corrected chi connectivity index (χ4v) is 4.89. The number of aromatic nitrogens is 1. The number of ether oxygens (including phenoxy) is 1. The molecule has 3 aromatic rings. The van der Waals surface area contributed by atoms with Crippen molar-refractivity contribution in [1.29, 1.82) is 5.26 Å². The van der Waals surface area contributed by atoms with Crippen molar-refractivity contribution in [3.8, 4) is 6.07 Å². The molecule has 1 aliphatic rings. The molecule has 0 aliphatic carbocycles. The summed E-state index contributed by atoms with van der Waals surface area (Å²) in [6.07, 6.45) is 1.47. The Balaban J connectivity index is 2.10. The number of carbonyl (C=O) groups excluding carboxylic acids is 1. The van der Waals surface area contributed by atoms with Crippen molar-refractivity contribution >= 4 is 34.8 Å². The largest absolute Gasteiger partial charge is 0.463 e. The van der Waals surface area contributed by atoms with Crippen LogP contribution in [0.15, 0.2) is 58.9 Å². The molecule has 0 fully saturated rings. The molecule has 0 saturated heterocycles. The minimum absolute atomic E-state index is 0.00851.